The third-order valence-electron chi connectivity index (χ3n) is 1.33. The van der Waals surface area contributed by atoms with Crippen molar-refractivity contribution in [2.45, 2.75) is 13.3 Å². The van der Waals surface area contributed by atoms with E-state index in [4.69, 9.17) is 5.73 Å². The molecule has 0 aromatic carbocycles. The Bertz CT molecular complexity index is 197. The molecule has 1 rings (SSSR count). The summed E-state index contributed by atoms with van der Waals surface area (Å²) in [6, 6.07) is 2.03. The number of carbonyl (C=O) groups excluding carboxylic acids is 1. The summed E-state index contributed by atoms with van der Waals surface area (Å²) in [7, 11) is 0. The fraction of sp³-hybridized carbons (Fsp3) is 0.444. The van der Waals surface area contributed by atoms with Crippen LogP contribution in [0.5, 0.6) is 0 Å². The summed E-state index contributed by atoms with van der Waals surface area (Å²) in [6.45, 7) is 3.40. The maximum absolute atomic E-state index is 9.18. The van der Waals surface area contributed by atoms with Crippen molar-refractivity contribution in [2.24, 2.45) is 5.73 Å². The molecule has 0 amide bonds. The van der Waals surface area contributed by atoms with Gasteiger partial charge in [0.2, 0.25) is 0 Å². The van der Waals surface area contributed by atoms with Gasteiger partial charge in [0, 0.05) is 12.4 Å². The van der Waals surface area contributed by atoms with Gasteiger partial charge in [0.15, 0.2) is 0 Å². The number of nitrogens with one attached hydrogen (secondary N) is 1. The van der Waals surface area contributed by atoms with Gasteiger partial charge in [-0.1, -0.05) is 0 Å². The maximum atomic E-state index is 9.18. The van der Waals surface area contributed by atoms with Gasteiger partial charge in [0.05, 0.1) is 6.61 Å². The Morgan fingerprint density at radius 1 is 1.69 bits per heavy atom. The van der Waals surface area contributed by atoms with Crippen LogP contribution < -0.4 is 5.73 Å². The van der Waals surface area contributed by atoms with Crippen LogP contribution in [0.3, 0.4) is 0 Å². The van der Waals surface area contributed by atoms with E-state index in [2.05, 4.69) is 9.72 Å². The minimum atomic E-state index is 0.431. The Labute approximate surface area is 78.1 Å². The molecule has 13 heavy (non-hydrogen) atoms. The summed E-state index contributed by atoms with van der Waals surface area (Å²) in [5, 5.41) is 0. The van der Waals surface area contributed by atoms with E-state index in [0.717, 1.165) is 13.0 Å². The predicted octanol–water partition coefficient (Wildman–Crippen LogP) is 0.695. The van der Waals surface area contributed by atoms with Gasteiger partial charge in [-0.3, -0.25) is 4.79 Å². The van der Waals surface area contributed by atoms with Crippen LogP contribution in [0.15, 0.2) is 18.5 Å². The van der Waals surface area contributed by atoms with Crippen LogP contribution in [0.2, 0.25) is 0 Å². The number of nitrogens with two attached hydrogens (primary N) is 1. The third-order valence-corrected chi connectivity index (χ3v) is 1.33. The second-order valence-corrected chi connectivity index (χ2v) is 2.31. The molecule has 0 aliphatic carbocycles. The molecule has 4 heteroatoms. The lowest BCUT2D eigenvalue weighted by atomic mass is 10.2. The molecule has 74 valence electrons. The van der Waals surface area contributed by atoms with Crippen molar-refractivity contribution in [3.8, 4) is 0 Å². The van der Waals surface area contributed by atoms with Crippen molar-refractivity contribution in [3.63, 3.8) is 0 Å². The third kappa shape index (κ3) is 7.08. The van der Waals surface area contributed by atoms with Gasteiger partial charge in [-0.2, -0.15) is 0 Å². The van der Waals surface area contributed by atoms with Crippen molar-refractivity contribution in [2.75, 3.05) is 13.2 Å². The first-order valence-electron chi connectivity index (χ1n) is 4.22. The van der Waals surface area contributed by atoms with Crippen LogP contribution in [0.25, 0.3) is 0 Å². The first-order valence-corrected chi connectivity index (χ1v) is 4.22. The van der Waals surface area contributed by atoms with Crippen molar-refractivity contribution in [1.29, 1.82) is 0 Å². The standard InChI is InChI=1S/C6H10N2.C3H6O2/c7-3-1-6-2-4-8-5-6;1-2-5-3-4/h2,4-5,8H,1,3,7H2;3H,2H2,1H3. The molecular weight excluding hydrogens is 168 g/mol. The zero-order chi connectivity index (χ0) is 9.94. The molecule has 3 N–H and O–H groups in total. The molecule has 4 nitrogen and oxygen atoms in total. The van der Waals surface area contributed by atoms with E-state index in [1.54, 1.807) is 6.92 Å². The van der Waals surface area contributed by atoms with Gasteiger partial charge < -0.3 is 15.5 Å². The van der Waals surface area contributed by atoms with Gasteiger partial charge >= 0.3 is 0 Å². The Morgan fingerprint density at radius 3 is 2.77 bits per heavy atom. The number of aromatic nitrogens is 1. The number of H-pyrrole nitrogens is 1. The maximum Gasteiger partial charge on any atom is 0.293 e. The van der Waals surface area contributed by atoms with Crippen LogP contribution in [0, 0.1) is 0 Å². The van der Waals surface area contributed by atoms with Crippen molar-refractivity contribution in [3.05, 3.63) is 24.0 Å². The normalized spacial score (nSPS) is 8.46. The van der Waals surface area contributed by atoms with E-state index in [1.165, 1.54) is 5.56 Å². The molecule has 0 aliphatic rings. The van der Waals surface area contributed by atoms with Crippen molar-refractivity contribution in [1.82, 2.24) is 4.98 Å². The van der Waals surface area contributed by atoms with Gasteiger partial charge in [0.1, 0.15) is 0 Å². The summed E-state index contributed by atoms with van der Waals surface area (Å²) in [5.41, 5.74) is 6.59. The number of ether oxygens (including phenoxy) is 1. The first kappa shape index (κ1) is 11.7. The SMILES string of the molecule is CCOC=O.NCCc1cc[nH]c1. The molecule has 1 aromatic rings. The molecular formula is C9H16N2O2. The predicted molar refractivity (Wildman–Crippen MR) is 51.2 cm³/mol. The smallest absolute Gasteiger partial charge is 0.293 e. The second-order valence-electron chi connectivity index (χ2n) is 2.31. The van der Waals surface area contributed by atoms with Gasteiger partial charge in [-0.25, -0.2) is 0 Å². The summed E-state index contributed by atoms with van der Waals surface area (Å²) in [4.78, 5) is 12.1. The summed E-state index contributed by atoms with van der Waals surface area (Å²) < 4.78 is 4.15. The number of hydrogen-bond acceptors (Lipinski definition) is 3. The zero-order valence-corrected chi connectivity index (χ0v) is 7.82. The Morgan fingerprint density at radius 2 is 2.46 bits per heavy atom. The largest absolute Gasteiger partial charge is 0.468 e. The van der Waals surface area contributed by atoms with Gasteiger partial charge in [0.25, 0.3) is 6.47 Å². The molecule has 0 saturated heterocycles. The van der Waals surface area contributed by atoms with Crippen LogP contribution in [-0.4, -0.2) is 24.6 Å². The average Bonchev–Trinajstić information content (AvgIpc) is 2.60. The minimum absolute atomic E-state index is 0.431. The molecule has 0 saturated carbocycles. The average molecular weight is 184 g/mol. The van der Waals surface area contributed by atoms with E-state index >= 15 is 0 Å². The van der Waals surface area contributed by atoms with Gasteiger partial charge in [-0.15, -0.1) is 0 Å². The van der Waals surface area contributed by atoms with Crippen molar-refractivity contribution < 1.29 is 9.53 Å². The molecule has 1 aromatic heterocycles. The topological polar surface area (TPSA) is 68.1 Å². The highest BCUT2D eigenvalue weighted by Crippen LogP contribution is 1.94. The van der Waals surface area contributed by atoms with E-state index in [9.17, 15) is 4.79 Å². The van der Waals surface area contributed by atoms with E-state index in [0.29, 0.717) is 13.1 Å². The van der Waals surface area contributed by atoms with Crippen molar-refractivity contribution >= 4 is 6.47 Å². The highest BCUT2D eigenvalue weighted by atomic mass is 16.5. The van der Waals surface area contributed by atoms with Gasteiger partial charge in [-0.05, 0) is 31.5 Å². The molecule has 0 bridgehead atoms. The molecule has 0 unspecified atom stereocenters. The highest BCUT2D eigenvalue weighted by Gasteiger charge is 1.86. The number of rotatable bonds is 4. The van der Waals surface area contributed by atoms with E-state index in [-0.39, 0.29) is 0 Å². The Hall–Kier alpha value is -1.29. The zero-order valence-electron chi connectivity index (χ0n) is 7.82. The van der Waals surface area contributed by atoms with Crippen LogP contribution >= 0.6 is 0 Å². The summed E-state index contributed by atoms with van der Waals surface area (Å²) in [6.07, 6.45) is 4.85. The molecule has 0 aliphatic heterocycles. The van der Waals surface area contributed by atoms with E-state index < -0.39 is 0 Å². The highest BCUT2D eigenvalue weighted by molar-refractivity contribution is 5.36. The number of hydrogen-bond donors (Lipinski definition) is 2. The van der Waals surface area contributed by atoms with E-state index in [1.807, 2.05) is 18.5 Å². The minimum Gasteiger partial charge on any atom is -0.468 e. The lowest BCUT2D eigenvalue weighted by Gasteiger charge is -1.86. The van der Waals surface area contributed by atoms with Crippen LogP contribution in [-0.2, 0) is 16.0 Å². The molecule has 1 heterocycles. The number of carbonyl (C=O) groups is 1. The fourth-order valence-electron chi connectivity index (χ4n) is 0.749. The van der Waals surface area contributed by atoms with Crippen LogP contribution in [0.4, 0.5) is 0 Å². The lowest BCUT2D eigenvalue weighted by Crippen LogP contribution is -2.01. The monoisotopic (exact) mass is 184 g/mol. The molecule has 0 fully saturated rings. The lowest BCUT2D eigenvalue weighted by molar-refractivity contribution is -0.128. The second kappa shape index (κ2) is 8.80. The Balaban J connectivity index is 0.000000252. The quantitative estimate of drug-likeness (QED) is 0.677. The van der Waals surface area contributed by atoms with Crippen LogP contribution in [0.1, 0.15) is 12.5 Å². The summed E-state index contributed by atoms with van der Waals surface area (Å²) in [5.74, 6) is 0. The number of aromatic amines is 1. The molecule has 0 spiro atoms. The fourth-order valence-corrected chi connectivity index (χ4v) is 0.749. The molecule has 0 atom stereocenters. The molecule has 0 radical (unpaired) electrons. The Kier molecular flexibility index (Phi) is 7.93. The summed E-state index contributed by atoms with van der Waals surface area (Å²) >= 11 is 0. The first-order chi connectivity index (χ1) is 6.35.